The minimum atomic E-state index is -0.320. The van der Waals surface area contributed by atoms with Crippen LogP contribution in [0.2, 0.25) is 0 Å². The molecule has 2 aromatic rings. The van der Waals surface area contributed by atoms with Crippen molar-refractivity contribution in [1.29, 1.82) is 0 Å². The molecule has 0 saturated carbocycles. The molecule has 7 heteroatoms. The largest absolute Gasteiger partial charge is 0.392 e. The van der Waals surface area contributed by atoms with Gasteiger partial charge in [0, 0.05) is 32.4 Å². The number of aromatic nitrogens is 4. The average molecular weight is 328 g/mol. The van der Waals surface area contributed by atoms with Crippen LogP contribution in [0.3, 0.4) is 0 Å². The highest BCUT2D eigenvalue weighted by Crippen LogP contribution is 2.33. The van der Waals surface area contributed by atoms with Crippen molar-refractivity contribution in [3.63, 3.8) is 0 Å². The number of pyridine rings is 1. The monoisotopic (exact) mass is 328 g/mol. The Morgan fingerprint density at radius 2 is 2.12 bits per heavy atom. The van der Waals surface area contributed by atoms with Crippen LogP contribution in [0.15, 0.2) is 18.3 Å². The third-order valence-corrected chi connectivity index (χ3v) is 4.99. The van der Waals surface area contributed by atoms with Crippen LogP contribution in [-0.2, 0) is 19.6 Å². The number of likely N-dealkylation sites (N-methyl/N-ethyl adjacent to an activating group) is 1. The summed E-state index contributed by atoms with van der Waals surface area (Å²) in [5.41, 5.74) is 2.19. The molecule has 7 nitrogen and oxygen atoms in total. The van der Waals surface area contributed by atoms with Crippen molar-refractivity contribution in [2.45, 2.75) is 45.1 Å². The highest BCUT2D eigenvalue weighted by molar-refractivity contribution is 5.14. The number of nitrogens with zero attached hydrogens (tertiary/aromatic N) is 6. The van der Waals surface area contributed by atoms with Crippen LogP contribution in [0.5, 0.6) is 0 Å². The predicted molar refractivity (Wildman–Crippen MR) is 89.1 cm³/mol. The first kappa shape index (κ1) is 15.7. The van der Waals surface area contributed by atoms with E-state index in [4.69, 9.17) is 0 Å². The summed E-state index contributed by atoms with van der Waals surface area (Å²) < 4.78 is 2.23. The Labute approximate surface area is 141 Å². The second-order valence-corrected chi connectivity index (χ2v) is 7.03. The van der Waals surface area contributed by atoms with Crippen molar-refractivity contribution >= 4 is 0 Å². The Hall–Kier alpha value is -1.83. The van der Waals surface area contributed by atoms with Gasteiger partial charge in [-0.25, -0.2) is 0 Å². The predicted octanol–water partition coefficient (Wildman–Crippen LogP) is 0.735. The van der Waals surface area contributed by atoms with E-state index < -0.39 is 0 Å². The molecule has 0 radical (unpaired) electrons. The molecule has 1 N–H and O–H groups in total. The zero-order chi connectivity index (χ0) is 16.7. The number of aryl methyl sites for hydroxylation is 1. The fourth-order valence-electron chi connectivity index (χ4n) is 3.67. The lowest BCUT2D eigenvalue weighted by atomic mass is 10.1. The summed E-state index contributed by atoms with van der Waals surface area (Å²) in [5, 5.41) is 19.1. The Balaban J connectivity index is 1.58. The molecular formula is C17H24N6O. The summed E-state index contributed by atoms with van der Waals surface area (Å²) in [6.07, 6.45) is 2.28. The van der Waals surface area contributed by atoms with E-state index in [1.54, 1.807) is 0 Å². The van der Waals surface area contributed by atoms with Crippen LogP contribution in [0.4, 0.5) is 0 Å². The smallest absolute Gasteiger partial charge is 0.150 e. The first-order chi connectivity index (χ1) is 11.6. The van der Waals surface area contributed by atoms with Crippen LogP contribution in [-0.4, -0.2) is 60.9 Å². The lowest BCUT2D eigenvalue weighted by Gasteiger charge is -2.27. The number of likely N-dealkylation sites (tertiary alicyclic amines) is 1. The van der Waals surface area contributed by atoms with E-state index in [9.17, 15) is 5.11 Å². The maximum Gasteiger partial charge on any atom is 0.150 e. The molecule has 24 heavy (non-hydrogen) atoms. The molecule has 4 rings (SSSR count). The Morgan fingerprint density at radius 1 is 1.25 bits per heavy atom. The molecule has 0 spiro atoms. The fraction of sp³-hybridized carbons (Fsp3) is 0.588. The molecule has 0 aromatic carbocycles. The van der Waals surface area contributed by atoms with E-state index in [1.807, 2.05) is 13.1 Å². The third kappa shape index (κ3) is 2.94. The van der Waals surface area contributed by atoms with Crippen LogP contribution >= 0.6 is 0 Å². The first-order valence-electron chi connectivity index (χ1n) is 8.54. The van der Waals surface area contributed by atoms with Gasteiger partial charge in [-0.1, -0.05) is 6.07 Å². The maximum absolute atomic E-state index is 10.2. The number of hydrogen-bond acceptors (Lipinski definition) is 6. The molecular weight excluding hydrogens is 304 g/mol. The van der Waals surface area contributed by atoms with Crippen LogP contribution in [0.25, 0.3) is 0 Å². The zero-order valence-electron chi connectivity index (χ0n) is 14.3. The molecule has 2 aliphatic rings. The number of hydrogen-bond donors (Lipinski definition) is 1. The molecule has 0 bridgehead atoms. The van der Waals surface area contributed by atoms with E-state index in [1.165, 1.54) is 0 Å². The third-order valence-electron chi connectivity index (χ3n) is 4.99. The van der Waals surface area contributed by atoms with Crippen LogP contribution < -0.4 is 0 Å². The summed E-state index contributed by atoms with van der Waals surface area (Å²) in [5.74, 6) is 2.01. The quantitative estimate of drug-likeness (QED) is 0.896. The van der Waals surface area contributed by atoms with Crippen molar-refractivity contribution < 1.29 is 5.11 Å². The fourth-order valence-corrected chi connectivity index (χ4v) is 3.67. The first-order valence-corrected chi connectivity index (χ1v) is 8.54. The summed E-state index contributed by atoms with van der Waals surface area (Å²) in [6, 6.07) is 4.25. The van der Waals surface area contributed by atoms with E-state index in [0.717, 1.165) is 49.1 Å². The summed E-state index contributed by atoms with van der Waals surface area (Å²) >= 11 is 0. The lowest BCUT2D eigenvalue weighted by Crippen LogP contribution is -2.33. The van der Waals surface area contributed by atoms with Gasteiger partial charge in [0.05, 0.1) is 24.4 Å². The molecule has 2 atom stereocenters. The van der Waals surface area contributed by atoms with Crippen LogP contribution in [0, 0.1) is 6.92 Å². The standard InChI is InChI=1S/C17H24N6O/c1-12-3-4-13(18-8-12)9-22-10-14(24)7-15(22)17-20-19-16-11-21(2)5-6-23(16)17/h3-4,8,14-15,24H,5-7,9-11H2,1-2H3/t14-,15-/m0/s1. The summed E-state index contributed by atoms with van der Waals surface area (Å²) in [6.45, 7) is 6.18. The van der Waals surface area contributed by atoms with Gasteiger partial charge in [-0.05, 0) is 32.0 Å². The van der Waals surface area contributed by atoms with Crippen LogP contribution in [0.1, 0.15) is 35.4 Å². The minimum absolute atomic E-state index is 0.104. The highest BCUT2D eigenvalue weighted by Gasteiger charge is 2.36. The van der Waals surface area contributed by atoms with Gasteiger partial charge < -0.3 is 9.67 Å². The lowest BCUT2D eigenvalue weighted by molar-refractivity contribution is 0.171. The van der Waals surface area contributed by atoms with Gasteiger partial charge in [0.2, 0.25) is 0 Å². The van der Waals surface area contributed by atoms with E-state index in [2.05, 4.69) is 48.7 Å². The summed E-state index contributed by atoms with van der Waals surface area (Å²) in [7, 11) is 2.10. The molecule has 2 aliphatic heterocycles. The summed E-state index contributed by atoms with van der Waals surface area (Å²) in [4.78, 5) is 9.04. The van der Waals surface area contributed by atoms with Crippen molar-refractivity contribution in [1.82, 2.24) is 29.5 Å². The van der Waals surface area contributed by atoms with Crippen molar-refractivity contribution in [2.24, 2.45) is 0 Å². The molecule has 0 aliphatic carbocycles. The van der Waals surface area contributed by atoms with E-state index in [0.29, 0.717) is 13.0 Å². The normalized spacial score (nSPS) is 25.1. The van der Waals surface area contributed by atoms with Gasteiger partial charge in [-0.2, -0.15) is 0 Å². The van der Waals surface area contributed by atoms with Gasteiger partial charge in [-0.15, -0.1) is 10.2 Å². The van der Waals surface area contributed by atoms with Gasteiger partial charge in [0.1, 0.15) is 5.82 Å². The Morgan fingerprint density at radius 3 is 2.92 bits per heavy atom. The molecule has 0 unspecified atom stereocenters. The van der Waals surface area contributed by atoms with Gasteiger partial charge >= 0.3 is 0 Å². The zero-order valence-corrected chi connectivity index (χ0v) is 14.3. The Bertz CT molecular complexity index is 712. The number of aliphatic hydroxyl groups excluding tert-OH is 1. The molecule has 4 heterocycles. The molecule has 128 valence electrons. The maximum atomic E-state index is 10.2. The number of fused-ring (bicyclic) bond motifs is 1. The topological polar surface area (TPSA) is 70.3 Å². The minimum Gasteiger partial charge on any atom is -0.392 e. The van der Waals surface area contributed by atoms with Gasteiger partial charge in [0.25, 0.3) is 0 Å². The second-order valence-electron chi connectivity index (χ2n) is 7.03. The Kier molecular flexibility index (Phi) is 4.07. The van der Waals surface area contributed by atoms with Gasteiger partial charge in [-0.3, -0.25) is 14.8 Å². The van der Waals surface area contributed by atoms with E-state index in [-0.39, 0.29) is 12.1 Å². The number of β-amino-alcohol motifs (C(OH)–C–C–N with tert-alkyl or cyclic N) is 1. The molecule has 0 amide bonds. The number of rotatable bonds is 3. The van der Waals surface area contributed by atoms with Crippen molar-refractivity contribution in [3.8, 4) is 0 Å². The molecule has 1 fully saturated rings. The van der Waals surface area contributed by atoms with Crippen molar-refractivity contribution in [2.75, 3.05) is 20.1 Å². The van der Waals surface area contributed by atoms with E-state index >= 15 is 0 Å². The average Bonchev–Trinajstić information content (AvgIpc) is 3.12. The highest BCUT2D eigenvalue weighted by atomic mass is 16.3. The SMILES string of the molecule is Cc1ccc(CN2C[C@@H](O)C[C@H]2c2nnc3n2CCN(C)C3)nc1. The molecule has 1 saturated heterocycles. The second kappa shape index (κ2) is 6.23. The number of aliphatic hydroxyl groups is 1. The van der Waals surface area contributed by atoms with Gasteiger partial charge in [0.15, 0.2) is 5.82 Å². The molecule has 2 aromatic heterocycles. The van der Waals surface area contributed by atoms with Crippen molar-refractivity contribution in [3.05, 3.63) is 41.2 Å².